The Morgan fingerprint density at radius 1 is 1.14 bits per heavy atom. The van der Waals surface area contributed by atoms with Gasteiger partial charge in [-0.2, -0.15) is 5.48 Å². The van der Waals surface area contributed by atoms with E-state index in [-0.39, 0.29) is 29.2 Å². The lowest BCUT2D eigenvalue weighted by Gasteiger charge is -2.38. The predicted molar refractivity (Wildman–Crippen MR) is 140 cm³/mol. The van der Waals surface area contributed by atoms with Crippen molar-refractivity contribution in [3.05, 3.63) is 83.9 Å². The molecule has 1 spiro atoms. The molecule has 5 atom stereocenters. The van der Waals surface area contributed by atoms with E-state index >= 15 is 0 Å². The van der Waals surface area contributed by atoms with Crippen LogP contribution in [0.15, 0.2) is 72.8 Å². The summed E-state index contributed by atoms with van der Waals surface area (Å²) in [4.78, 5) is 20.2. The summed E-state index contributed by atoms with van der Waals surface area (Å²) in [6, 6.07) is 18.2. The fourth-order valence-corrected chi connectivity index (χ4v) is 9.64. The molecule has 1 N–H and O–H groups in total. The number of carbonyl (C=O) groups excluding carboxylic acids is 1. The summed E-state index contributed by atoms with van der Waals surface area (Å²) in [5.41, 5.74) is 4.41. The number of benzene rings is 2. The third kappa shape index (κ3) is 4.01. The van der Waals surface area contributed by atoms with Crippen molar-refractivity contribution in [1.82, 2.24) is 9.79 Å². The first-order valence-corrected chi connectivity index (χ1v) is 14.5. The van der Waals surface area contributed by atoms with Gasteiger partial charge in [0.25, 0.3) is 5.91 Å². The molecule has 192 valence electrons. The van der Waals surface area contributed by atoms with Crippen molar-refractivity contribution in [2.75, 3.05) is 5.75 Å². The van der Waals surface area contributed by atoms with Crippen LogP contribution in [0.2, 0.25) is 0 Å². The molecule has 0 unspecified atom stereocenters. The second-order valence-electron chi connectivity index (χ2n) is 11.1. The molecule has 2 aromatic carbocycles. The maximum absolute atomic E-state index is 14.3. The van der Waals surface area contributed by atoms with Crippen LogP contribution in [0.5, 0.6) is 0 Å². The minimum absolute atomic E-state index is 0.0527. The molecule has 0 radical (unpaired) electrons. The largest absolute Gasteiger partial charge is 0.296 e. The third-order valence-electron chi connectivity index (χ3n) is 9.13. The third-order valence-corrected chi connectivity index (χ3v) is 11.0. The summed E-state index contributed by atoms with van der Waals surface area (Å²) < 4.78 is 28.5. The molecule has 1 aliphatic heterocycles. The summed E-state index contributed by atoms with van der Waals surface area (Å²) in [6.07, 6.45) is 6.48. The molecule has 2 aliphatic carbocycles. The molecule has 3 fully saturated rings. The Hall–Kier alpha value is -2.48. The van der Waals surface area contributed by atoms with Gasteiger partial charge in [0, 0.05) is 11.3 Å². The molecule has 7 heteroatoms. The van der Waals surface area contributed by atoms with Crippen molar-refractivity contribution in [3.8, 4) is 0 Å². The van der Waals surface area contributed by atoms with E-state index in [1.54, 1.807) is 0 Å². The first kappa shape index (κ1) is 25.2. The lowest BCUT2D eigenvalue weighted by Crippen LogP contribution is -2.53. The second kappa shape index (κ2) is 9.43. The van der Waals surface area contributed by atoms with Gasteiger partial charge in [0.1, 0.15) is 6.04 Å². The zero-order chi connectivity index (χ0) is 25.6. The lowest BCUT2D eigenvalue weighted by molar-refractivity contribution is -0.136. The molecule has 0 aromatic heterocycles. The van der Waals surface area contributed by atoms with E-state index in [0.29, 0.717) is 5.92 Å². The maximum Gasteiger partial charge on any atom is 0.256 e. The Labute approximate surface area is 214 Å². The Balaban J connectivity index is 1.49. The fraction of sp³-hybridized carbons (Fsp3) is 0.483. The zero-order valence-corrected chi connectivity index (χ0v) is 22.1. The summed E-state index contributed by atoms with van der Waals surface area (Å²) in [5, 5.41) is 0. The van der Waals surface area contributed by atoms with Crippen molar-refractivity contribution >= 4 is 15.9 Å². The van der Waals surface area contributed by atoms with Crippen LogP contribution in [-0.4, -0.2) is 36.5 Å². The SMILES string of the molecule is C/C=C/[C@@H](c1ccccc1)[C@H](NOCc1ccccc1)C(=O)N1[C@@H]2C[C@H]3CC[C@]2(CS1(=O)=O)C3(C)C. The highest BCUT2D eigenvalue weighted by molar-refractivity contribution is 7.90. The molecule has 2 aromatic rings. The number of hydroxylamine groups is 1. The van der Waals surface area contributed by atoms with Crippen LogP contribution >= 0.6 is 0 Å². The monoisotopic (exact) mass is 508 g/mol. The number of amides is 1. The number of carbonyl (C=O) groups is 1. The van der Waals surface area contributed by atoms with E-state index in [1.165, 1.54) is 4.31 Å². The van der Waals surface area contributed by atoms with Crippen molar-refractivity contribution < 1.29 is 18.0 Å². The minimum Gasteiger partial charge on any atom is -0.296 e. The standard InChI is InChI=1S/C29H36N2O4S/c1-4-11-24(22-14-9-6-10-15-22)26(30-35-19-21-12-7-5-8-13-21)27(32)31-25-18-23-16-17-29(25,28(23,2)3)20-36(31,33)34/h4-15,23-26,30H,16-20H2,1-3H3/b11-4+/t23-,24+,25-,26+,29-/m1/s1. The maximum atomic E-state index is 14.3. The van der Waals surface area contributed by atoms with Gasteiger partial charge in [0.2, 0.25) is 10.0 Å². The molecule has 5 rings (SSSR count). The summed E-state index contributed by atoms with van der Waals surface area (Å²) in [5.74, 6) is -0.329. The number of hydrogen-bond donors (Lipinski definition) is 1. The van der Waals surface area contributed by atoms with E-state index in [4.69, 9.17) is 4.84 Å². The normalized spacial score (nSPS) is 29.4. The molecule has 3 aliphatic rings. The van der Waals surface area contributed by atoms with E-state index in [9.17, 15) is 13.2 Å². The summed E-state index contributed by atoms with van der Waals surface area (Å²) in [6.45, 7) is 6.55. The average Bonchev–Trinajstić information content (AvgIpc) is 3.34. The van der Waals surface area contributed by atoms with Gasteiger partial charge in [-0.1, -0.05) is 86.7 Å². The molecule has 6 nitrogen and oxygen atoms in total. The Kier molecular flexibility index (Phi) is 6.60. The van der Waals surface area contributed by atoms with Crippen molar-refractivity contribution in [2.24, 2.45) is 16.7 Å². The van der Waals surface area contributed by atoms with Crippen molar-refractivity contribution in [1.29, 1.82) is 0 Å². The average molecular weight is 509 g/mol. The number of sulfonamides is 1. The summed E-state index contributed by atoms with van der Waals surface area (Å²) >= 11 is 0. The van der Waals surface area contributed by atoms with Gasteiger partial charge in [0.05, 0.1) is 18.4 Å². The molecule has 1 amide bonds. The number of nitrogens with zero attached hydrogens (tertiary/aromatic N) is 1. The van der Waals surface area contributed by atoms with E-state index in [2.05, 4.69) is 19.3 Å². The van der Waals surface area contributed by atoms with Gasteiger partial charge in [-0.3, -0.25) is 9.63 Å². The summed E-state index contributed by atoms with van der Waals surface area (Å²) in [7, 11) is -3.75. The molecule has 1 saturated heterocycles. The Morgan fingerprint density at radius 2 is 1.81 bits per heavy atom. The smallest absolute Gasteiger partial charge is 0.256 e. The molecular formula is C29H36N2O4S. The second-order valence-corrected chi connectivity index (χ2v) is 12.9. The van der Waals surface area contributed by atoms with E-state index in [0.717, 1.165) is 30.4 Å². The van der Waals surface area contributed by atoms with Gasteiger partial charge in [-0.25, -0.2) is 12.7 Å². The minimum atomic E-state index is -3.75. The lowest BCUT2D eigenvalue weighted by atomic mass is 9.69. The quantitative estimate of drug-likeness (QED) is 0.409. The van der Waals surface area contributed by atoms with E-state index < -0.39 is 27.9 Å². The van der Waals surface area contributed by atoms with E-state index in [1.807, 2.05) is 79.7 Å². The van der Waals surface area contributed by atoms with Gasteiger partial charge < -0.3 is 0 Å². The first-order valence-electron chi connectivity index (χ1n) is 12.9. The van der Waals surface area contributed by atoms with Crippen LogP contribution < -0.4 is 5.48 Å². The van der Waals surface area contributed by atoms with Crippen LogP contribution in [0.25, 0.3) is 0 Å². The van der Waals surface area contributed by atoms with Crippen LogP contribution in [0.4, 0.5) is 0 Å². The Morgan fingerprint density at radius 3 is 2.44 bits per heavy atom. The zero-order valence-electron chi connectivity index (χ0n) is 21.3. The highest BCUT2D eigenvalue weighted by Gasteiger charge is 2.72. The predicted octanol–water partition coefficient (Wildman–Crippen LogP) is 4.80. The van der Waals surface area contributed by atoms with Crippen LogP contribution in [0, 0.1) is 16.7 Å². The Bertz CT molecular complexity index is 1230. The van der Waals surface area contributed by atoms with Crippen molar-refractivity contribution in [3.63, 3.8) is 0 Å². The molecule has 36 heavy (non-hydrogen) atoms. The fourth-order valence-electron chi connectivity index (χ4n) is 7.08. The van der Waals surface area contributed by atoms with Crippen LogP contribution in [0.3, 0.4) is 0 Å². The highest BCUT2D eigenvalue weighted by atomic mass is 32.2. The molecule has 1 heterocycles. The van der Waals surface area contributed by atoms with Gasteiger partial charge in [-0.15, -0.1) is 0 Å². The van der Waals surface area contributed by atoms with Gasteiger partial charge in [0.15, 0.2) is 0 Å². The number of rotatable bonds is 8. The topological polar surface area (TPSA) is 75.7 Å². The highest BCUT2D eigenvalue weighted by Crippen LogP contribution is 2.70. The molecule has 2 bridgehead atoms. The molecular weight excluding hydrogens is 472 g/mol. The van der Waals surface area contributed by atoms with Crippen molar-refractivity contribution in [2.45, 2.75) is 64.6 Å². The van der Waals surface area contributed by atoms with Crippen LogP contribution in [-0.2, 0) is 26.3 Å². The number of nitrogens with one attached hydrogen (secondary N) is 1. The van der Waals surface area contributed by atoms with Gasteiger partial charge in [-0.05, 0) is 48.6 Å². The number of fused-ring (bicyclic) bond motifs is 1. The first-order chi connectivity index (χ1) is 17.2. The van der Waals surface area contributed by atoms with Crippen LogP contribution in [0.1, 0.15) is 57.1 Å². The number of allylic oxidation sites excluding steroid dienone is 1. The van der Waals surface area contributed by atoms with Gasteiger partial charge >= 0.3 is 0 Å². The molecule has 2 saturated carbocycles. The number of hydrogen-bond acceptors (Lipinski definition) is 5.